The molecule has 1 aliphatic heterocycles. The summed E-state index contributed by atoms with van der Waals surface area (Å²) in [7, 11) is 0. The Hall–Kier alpha value is -1.29. The van der Waals surface area contributed by atoms with Crippen molar-refractivity contribution in [1.29, 1.82) is 0 Å². The SMILES string of the molecule is Cc1ccc(C2SC(=O)NC2=O)cc1C. The number of hydrogen-bond acceptors (Lipinski definition) is 3. The molecule has 1 heterocycles. The van der Waals surface area contributed by atoms with Crippen LogP contribution in [0.25, 0.3) is 0 Å². The Morgan fingerprint density at radius 3 is 2.47 bits per heavy atom. The Labute approximate surface area is 92.2 Å². The van der Waals surface area contributed by atoms with Crippen LogP contribution in [0.3, 0.4) is 0 Å². The highest BCUT2D eigenvalue weighted by Crippen LogP contribution is 2.34. The van der Waals surface area contributed by atoms with Crippen LogP contribution in [0.1, 0.15) is 21.9 Å². The van der Waals surface area contributed by atoms with Gasteiger partial charge in [-0.2, -0.15) is 0 Å². The van der Waals surface area contributed by atoms with E-state index in [-0.39, 0.29) is 16.4 Å². The second-order valence-electron chi connectivity index (χ2n) is 3.62. The van der Waals surface area contributed by atoms with E-state index in [2.05, 4.69) is 5.32 Å². The number of amides is 2. The molecule has 3 nitrogen and oxygen atoms in total. The van der Waals surface area contributed by atoms with E-state index in [1.165, 1.54) is 5.56 Å². The van der Waals surface area contributed by atoms with Gasteiger partial charge in [0.1, 0.15) is 5.25 Å². The first-order valence-electron chi connectivity index (χ1n) is 4.66. The van der Waals surface area contributed by atoms with Crippen LogP contribution in [0.2, 0.25) is 0 Å². The lowest BCUT2D eigenvalue weighted by atomic mass is 10.0. The third-order valence-electron chi connectivity index (χ3n) is 2.52. The summed E-state index contributed by atoms with van der Waals surface area (Å²) in [6.45, 7) is 4.02. The van der Waals surface area contributed by atoms with Crippen molar-refractivity contribution in [2.45, 2.75) is 19.1 Å². The van der Waals surface area contributed by atoms with Crippen LogP contribution in [0.15, 0.2) is 18.2 Å². The fourth-order valence-corrected chi connectivity index (χ4v) is 2.33. The number of carbonyl (C=O) groups excluding carboxylic acids is 2. The molecule has 15 heavy (non-hydrogen) atoms. The van der Waals surface area contributed by atoms with Gasteiger partial charge in [-0.1, -0.05) is 18.2 Å². The van der Waals surface area contributed by atoms with E-state index in [0.717, 1.165) is 22.9 Å². The lowest BCUT2D eigenvalue weighted by molar-refractivity contribution is -0.119. The van der Waals surface area contributed by atoms with Crippen molar-refractivity contribution in [2.24, 2.45) is 0 Å². The van der Waals surface area contributed by atoms with E-state index in [1.807, 2.05) is 32.0 Å². The molecule has 78 valence electrons. The van der Waals surface area contributed by atoms with Crippen molar-refractivity contribution in [2.75, 3.05) is 0 Å². The normalized spacial score (nSPS) is 20.5. The average Bonchev–Trinajstić information content (AvgIpc) is 2.50. The lowest BCUT2D eigenvalue weighted by Gasteiger charge is -2.07. The van der Waals surface area contributed by atoms with Gasteiger partial charge in [0, 0.05) is 0 Å². The summed E-state index contributed by atoms with van der Waals surface area (Å²) in [5, 5.41) is 1.65. The van der Waals surface area contributed by atoms with Crippen molar-refractivity contribution in [3.05, 3.63) is 34.9 Å². The van der Waals surface area contributed by atoms with Crippen molar-refractivity contribution >= 4 is 22.9 Å². The summed E-state index contributed by atoms with van der Waals surface area (Å²) < 4.78 is 0. The number of carbonyl (C=O) groups is 2. The standard InChI is InChI=1S/C11H11NO2S/c1-6-3-4-8(5-7(6)2)9-10(13)12-11(14)15-9/h3-5,9H,1-2H3,(H,12,13,14). The smallest absolute Gasteiger partial charge is 0.286 e. The van der Waals surface area contributed by atoms with Gasteiger partial charge in [-0.15, -0.1) is 0 Å². The van der Waals surface area contributed by atoms with Gasteiger partial charge < -0.3 is 0 Å². The van der Waals surface area contributed by atoms with E-state index in [4.69, 9.17) is 0 Å². The highest BCUT2D eigenvalue weighted by molar-refractivity contribution is 8.15. The molecule has 1 unspecified atom stereocenters. The molecule has 1 aromatic carbocycles. The van der Waals surface area contributed by atoms with E-state index >= 15 is 0 Å². The number of thioether (sulfide) groups is 1. The number of rotatable bonds is 1. The number of aryl methyl sites for hydroxylation is 2. The van der Waals surface area contributed by atoms with Crippen molar-refractivity contribution in [1.82, 2.24) is 5.32 Å². The topological polar surface area (TPSA) is 46.2 Å². The Balaban J connectivity index is 2.34. The third-order valence-corrected chi connectivity index (χ3v) is 3.56. The fraction of sp³-hybridized carbons (Fsp3) is 0.273. The van der Waals surface area contributed by atoms with Crippen molar-refractivity contribution in [3.8, 4) is 0 Å². The Kier molecular flexibility index (Phi) is 2.52. The van der Waals surface area contributed by atoms with Gasteiger partial charge in [-0.25, -0.2) is 0 Å². The minimum atomic E-state index is -0.378. The van der Waals surface area contributed by atoms with Gasteiger partial charge >= 0.3 is 0 Å². The molecule has 1 N–H and O–H groups in total. The molecule has 4 heteroatoms. The molecular formula is C11H11NO2S. The zero-order valence-electron chi connectivity index (χ0n) is 8.53. The van der Waals surface area contributed by atoms with E-state index in [1.54, 1.807) is 0 Å². The van der Waals surface area contributed by atoms with Crippen LogP contribution in [-0.2, 0) is 4.79 Å². The van der Waals surface area contributed by atoms with Gasteiger partial charge in [-0.05, 0) is 42.3 Å². The molecule has 2 amide bonds. The number of benzene rings is 1. The second kappa shape index (κ2) is 3.70. The molecule has 0 bridgehead atoms. The quantitative estimate of drug-likeness (QED) is 0.791. The number of nitrogens with one attached hydrogen (secondary N) is 1. The Morgan fingerprint density at radius 2 is 1.93 bits per heavy atom. The van der Waals surface area contributed by atoms with Gasteiger partial charge in [0.2, 0.25) is 5.91 Å². The summed E-state index contributed by atoms with van der Waals surface area (Å²) in [5.74, 6) is -0.215. The Bertz CT molecular complexity index is 442. The van der Waals surface area contributed by atoms with E-state index < -0.39 is 0 Å². The average molecular weight is 221 g/mol. The number of hydrogen-bond donors (Lipinski definition) is 1. The molecule has 0 saturated carbocycles. The monoisotopic (exact) mass is 221 g/mol. The molecule has 1 atom stereocenters. The number of imide groups is 1. The predicted octanol–water partition coefficient (Wildman–Crippen LogP) is 2.33. The van der Waals surface area contributed by atoms with Crippen LogP contribution in [0, 0.1) is 13.8 Å². The molecule has 1 aliphatic rings. The highest BCUT2D eigenvalue weighted by Gasteiger charge is 2.32. The maximum absolute atomic E-state index is 11.4. The molecule has 2 rings (SSSR count). The maximum Gasteiger partial charge on any atom is 0.286 e. The zero-order valence-corrected chi connectivity index (χ0v) is 9.35. The molecule has 1 aromatic rings. The fourth-order valence-electron chi connectivity index (χ4n) is 1.50. The summed E-state index contributed by atoms with van der Waals surface area (Å²) in [5.41, 5.74) is 3.22. The van der Waals surface area contributed by atoms with Gasteiger partial charge in [0.05, 0.1) is 0 Å². The maximum atomic E-state index is 11.4. The van der Waals surface area contributed by atoms with Crippen molar-refractivity contribution < 1.29 is 9.59 Å². The predicted molar refractivity (Wildman–Crippen MR) is 59.8 cm³/mol. The van der Waals surface area contributed by atoms with Gasteiger partial charge in [0.15, 0.2) is 0 Å². The van der Waals surface area contributed by atoms with Gasteiger partial charge in [-0.3, -0.25) is 14.9 Å². The molecule has 0 radical (unpaired) electrons. The summed E-state index contributed by atoms with van der Waals surface area (Å²) in [6.07, 6.45) is 0. The van der Waals surface area contributed by atoms with Crippen LogP contribution < -0.4 is 5.32 Å². The van der Waals surface area contributed by atoms with Gasteiger partial charge in [0.25, 0.3) is 5.24 Å². The first-order valence-corrected chi connectivity index (χ1v) is 5.54. The minimum absolute atomic E-state index is 0.215. The van der Waals surface area contributed by atoms with Crippen LogP contribution in [0.4, 0.5) is 4.79 Å². The minimum Gasteiger partial charge on any atom is -0.286 e. The van der Waals surface area contributed by atoms with Crippen LogP contribution >= 0.6 is 11.8 Å². The molecular weight excluding hydrogens is 210 g/mol. The van der Waals surface area contributed by atoms with Crippen molar-refractivity contribution in [3.63, 3.8) is 0 Å². The molecule has 0 spiro atoms. The third kappa shape index (κ3) is 1.90. The lowest BCUT2D eigenvalue weighted by Crippen LogP contribution is -2.20. The second-order valence-corrected chi connectivity index (χ2v) is 4.70. The summed E-state index contributed by atoms with van der Waals surface area (Å²) >= 11 is 1.04. The molecule has 0 aliphatic carbocycles. The molecule has 1 saturated heterocycles. The summed E-state index contributed by atoms with van der Waals surface area (Å²) in [6, 6.07) is 5.84. The molecule has 1 fully saturated rings. The highest BCUT2D eigenvalue weighted by atomic mass is 32.2. The first-order chi connectivity index (χ1) is 7.08. The van der Waals surface area contributed by atoms with Crippen LogP contribution in [0.5, 0.6) is 0 Å². The van der Waals surface area contributed by atoms with E-state index in [9.17, 15) is 9.59 Å². The van der Waals surface area contributed by atoms with E-state index in [0.29, 0.717) is 0 Å². The first kappa shape index (κ1) is 10.2. The summed E-state index contributed by atoms with van der Waals surface area (Å²) in [4.78, 5) is 22.4. The zero-order chi connectivity index (χ0) is 11.0. The molecule has 0 aromatic heterocycles. The van der Waals surface area contributed by atoms with Crippen LogP contribution in [-0.4, -0.2) is 11.1 Å². The largest absolute Gasteiger partial charge is 0.286 e. The Morgan fingerprint density at radius 1 is 1.20 bits per heavy atom.